The molecule has 0 amide bonds. The molecule has 0 aliphatic rings. The average Bonchev–Trinajstić information content (AvgIpc) is 2.35. The number of rotatable bonds is 5. The predicted molar refractivity (Wildman–Crippen MR) is 70.3 cm³/mol. The van der Waals surface area contributed by atoms with Gasteiger partial charge in [-0.2, -0.15) is 0 Å². The third-order valence-corrected chi connectivity index (χ3v) is 2.78. The van der Waals surface area contributed by atoms with E-state index in [4.69, 9.17) is 5.73 Å². The largest absolute Gasteiger partial charge is 0.465 e. The highest BCUT2D eigenvalue weighted by atomic mass is 19.1. The van der Waals surface area contributed by atoms with Gasteiger partial charge in [-0.3, -0.25) is 0 Å². The van der Waals surface area contributed by atoms with Crippen LogP contribution in [0.5, 0.6) is 0 Å². The number of carbonyl (C=O) groups excluding carboxylic acids is 1. The molecule has 0 heterocycles. The van der Waals surface area contributed by atoms with Gasteiger partial charge >= 0.3 is 5.97 Å². The molecule has 0 saturated carbocycles. The minimum absolute atomic E-state index is 0.0898. The number of benzene rings is 1. The van der Waals surface area contributed by atoms with Crippen LogP contribution in [-0.2, 0) is 4.74 Å². The van der Waals surface area contributed by atoms with E-state index < -0.39 is 11.8 Å². The van der Waals surface area contributed by atoms with Crippen molar-refractivity contribution in [3.63, 3.8) is 0 Å². The van der Waals surface area contributed by atoms with Gasteiger partial charge in [0.25, 0.3) is 0 Å². The molecule has 0 spiro atoms. The fourth-order valence-electron chi connectivity index (χ4n) is 1.67. The van der Waals surface area contributed by atoms with Gasteiger partial charge in [-0.05, 0) is 18.6 Å². The predicted octanol–water partition coefficient (Wildman–Crippen LogP) is 2.43. The first kappa shape index (κ1) is 14.3. The van der Waals surface area contributed by atoms with Crippen molar-refractivity contribution in [1.29, 1.82) is 0 Å². The Hall–Kier alpha value is -1.78. The molecule has 100 valence electrons. The summed E-state index contributed by atoms with van der Waals surface area (Å²) in [5.74, 6) is -0.989. The standard InChI is InChI=1S/C13H19FN2O2/c1-4-5-6-16(2)12-7-9(13(17)18-3)11(15)8-10(12)14/h7-8H,4-6,15H2,1-3H3. The first-order valence-electron chi connectivity index (χ1n) is 5.89. The van der Waals surface area contributed by atoms with Gasteiger partial charge < -0.3 is 15.4 Å². The first-order valence-corrected chi connectivity index (χ1v) is 5.89. The van der Waals surface area contributed by atoms with E-state index in [1.807, 2.05) is 0 Å². The first-order chi connectivity index (χ1) is 8.51. The quantitative estimate of drug-likeness (QED) is 0.647. The number of hydrogen-bond donors (Lipinski definition) is 1. The molecule has 0 saturated heterocycles. The molecule has 1 rings (SSSR count). The average molecular weight is 254 g/mol. The summed E-state index contributed by atoms with van der Waals surface area (Å²) < 4.78 is 18.4. The summed E-state index contributed by atoms with van der Waals surface area (Å²) in [5.41, 5.74) is 6.25. The zero-order valence-electron chi connectivity index (χ0n) is 11.0. The second-order valence-electron chi connectivity index (χ2n) is 4.16. The number of ether oxygens (including phenoxy) is 1. The van der Waals surface area contributed by atoms with Gasteiger partial charge in [0.1, 0.15) is 5.82 Å². The minimum Gasteiger partial charge on any atom is -0.465 e. The smallest absolute Gasteiger partial charge is 0.340 e. The second-order valence-corrected chi connectivity index (χ2v) is 4.16. The molecule has 1 aromatic rings. The number of unbranched alkanes of at least 4 members (excludes halogenated alkanes) is 1. The normalized spacial score (nSPS) is 10.2. The Balaban J connectivity index is 3.08. The maximum absolute atomic E-state index is 13.8. The van der Waals surface area contributed by atoms with Crippen molar-refractivity contribution in [3.8, 4) is 0 Å². The number of carbonyl (C=O) groups is 1. The maximum atomic E-state index is 13.8. The number of nitrogens with two attached hydrogens (primary N) is 1. The van der Waals surface area contributed by atoms with Crippen LogP contribution in [0.1, 0.15) is 30.1 Å². The van der Waals surface area contributed by atoms with Crippen molar-refractivity contribution >= 4 is 17.3 Å². The number of methoxy groups -OCH3 is 1. The fourth-order valence-corrected chi connectivity index (χ4v) is 1.67. The molecule has 0 aromatic heterocycles. The summed E-state index contributed by atoms with van der Waals surface area (Å²) in [5, 5.41) is 0. The van der Waals surface area contributed by atoms with Gasteiger partial charge in [-0.1, -0.05) is 13.3 Å². The highest BCUT2D eigenvalue weighted by molar-refractivity contribution is 5.96. The van der Waals surface area contributed by atoms with E-state index in [2.05, 4.69) is 11.7 Å². The second kappa shape index (κ2) is 6.23. The van der Waals surface area contributed by atoms with Crippen molar-refractivity contribution in [2.45, 2.75) is 19.8 Å². The number of halogens is 1. The van der Waals surface area contributed by atoms with Crippen molar-refractivity contribution in [1.82, 2.24) is 0 Å². The lowest BCUT2D eigenvalue weighted by molar-refractivity contribution is 0.0602. The van der Waals surface area contributed by atoms with Crippen molar-refractivity contribution in [3.05, 3.63) is 23.5 Å². The number of nitrogen functional groups attached to an aromatic ring is 1. The zero-order chi connectivity index (χ0) is 13.7. The molecule has 0 radical (unpaired) electrons. The molecule has 4 nitrogen and oxygen atoms in total. The fraction of sp³-hybridized carbons (Fsp3) is 0.462. The lowest BCUT2D eigenvalue weighted by Gasteiger charge is -2.20. The Morgan fingerprint density at radius 1 is 1.50 bits per heavy atom. The molecule has 5 heteroatoms. The van der Waals surface area contributed by atoms with E-state index >= 15 is 0 Å². The van der Waals surface area contributed by atoms with Gasteiger partial charge in [-0.15, -0.1) is 0 Å². The summed E-state index contributed by atoms with van der Waals surface area (Å²) in [6.45, 7) is 2.78. The van der Waals surface area contributed by atoms with E-state index in [1.54, 1.807) is 11.9 Å². The minimum atomic E-state index is -0.558. The van der Waals surface area contributed by atoms with Gasteiger partial charge in [0.2, 0.25) is 0 Å². The molecule has 0 bridgehead atoms. The Morgan fingerprint density at radius 2 is 2.17 bits per heavy atom. The molecule has 0 fully saturated rings. The van der Waals surface area contributed by atoms with Gasteiger partial charge in [0, 0.05) is 19.3 Å². The lowest BCUT2D eigenvalue weighted by Crippen LogP contribution is -2.20. The van der Waals surface area contributed by atoms with E-state index in [1.165, 1.54) is 13.2 Å². The molecule has 18 heavy (non-hydrogen) atoms. The van der Waals surface area contributed by atoms with Crippen LogP contribution < -0.4 is 10.6 Å². The Labute approximate surface area is 107 Å². The van der Waals surface area contributed by atoms with Gasteiger partial charge in [0.15, 0.2) is 0 Å². The number of anilines is 2. The number of hydrogen-bond acceptors (Lipinski definition) is 4. The van der Waals surface area contributed by atoms with Gasteiger partial charge in [0.05, 0.1) is 18.4 Å². The topological polar surface area (TPSA) is 55.6 Å². The van der Waals surface area contributed by atoms with E-state index in [9.17, 15) is 9.18 Å². The van der Waals surface area contributed by atoms with Crippen LogP contribution in [0.15, 0.2) is 12.1 Å². The van der Waals surface area contributed by atoms with Crippen LogP contribution in [0.3, 0.4) is 0 Å². The molecule has 0 atom stereocenters. The van der Waals surface area contributed by atoms with Crippen LogP contribution in [0.25, 0.3) is 0 Å². The Morgan fingerprint density at radius 3 is 2.72 bits per heavy atom. The van der Waals surface area contributed by atoms with Crippen LogP contribution in [0.2, 0.25) is 0 Å². The molecular weight excluding hydrogens is 235 g/mol. The lowest BCUT2D eigenvalue weighted by atomic mass is 10.1. The number of esters is 1. The maximum Gasteiger partial charge on any atom is 0.340 e. The monoisotopic (exact) mass is 254 g/mol. The van der Waals surface area contributed by atoms with Crippen molar-refractivity contribution in [2.24, 2.45) is 0 Å². The highest BCUT2D eigenvalue weighted by Gasteiger charge is 2.16. The summed E-state index contributed by atoms with van der Waals surface area (Å²) in [7, 11) is 3.05. The molecule has 0 aliphatic heterocycles. The molecule has 0 aliphatic carbocycles. The third kappa shape index (κ3) is 3.12. The van der Waals surface area contributed by atoms with Crippen LogP contribution >= 0.6 is 0 Å². The summed E-state index contributed by atoms with van der Waals surface area (Å²) in [6.07, 6.45) is 1.97. The zero-order valence-corrected chi connectivity index (χ0v) is 11.0. The van der Waals surface area contributed by atoms with E-state index in [0.29, 0.717) is 5.69 Å². The van der Waals surface area contributed by atoms with E-state index in [-0.39, 0.29) is 11.3 Å². The van der Waals surface area contributed by atoms with E-state index in [0.717, 1.165) is 25.5 Å². The van der Waals surface area contributed by atoms with Crippen LogP contribution in [0.4, 0.5) is 15.8 Å². The van der Waals surface area contributed by atoms with Gasteiger partial charge in [-0.25, -0.2) is 9.18 Å². The molecule has 2 N–H and O–H groups in total. The summed E-state index contributed by atoms with van der Waals surface area (Å²) in [6, 6.07) is 2.59. The Bertz CT molecular complexity index is 435. The van der Waals surface area contributed by atoms with Crippen molar-refractivity contribution in [2.75, 3.05) is 31.3 Å². The molecule has 1 aromatic carbocycles. The van der Waals surface area contributed by atoms with Crippen molar-refractivity contribution < 1.29 is 13.9 Å². The Kier molecular flexibility index (Phi) is 4.95. The molecule has 0 unspecified atom stereocenters. The summed E-state index contributed by atoms with van der Waals surface area (Å²) >= 11 is 0. The SMILES string of the molecule is CCCCN(C)c1cc(C(=O)OC)c(N)cc1F. The molecular formula is C13H19FN2O2. The van der Waals surface area contributed by atoms with Crippen LogP contribution in [0, 0.1) is 5.82 Å². The third-order valence-electron chi connectivity index (χ3n) is 2.78. The van der Waals surface area contributed by atoms with Crippen LogP contribution in [-0.4, -0.2) is 26.7 Å². The highest BCUT2D eigenvalue weighted by Crippen LogP contribution is 2.25. The summed E-state index contributed by atoms with van der Waals surface area (Å²) in [4.78, 5) is 13.3. The number of nitrogens with zero attached hydrogens (tertiary/aromatic N) is 1.